The quantitative estimate of drug-likeness (QED) is 0.691. The molecule has 1 amide bonds. The zero-order valence-electron chi connectivity index (χ0n) is 10.8. The summed E-state index contributed by atoms with van der Waals surface area (Å²) in [5.41, 5.74) is 5.70. The largest absolute Gasteiger partial charge is 0.383 e. The fraction of sp³-hybridized carbons (Fsp3) is 0.750. The average Bonchev–Trinajstić information content (AvgIpc) is 2.20. The Labute approximate surface area is 98.4 Å². The first-order valence-electron chi connectivity index (χ1n) is 5.48. The third kappa shape index (κ3) is 4.77. The van der Waals surface area contributed by atoms with Gasteiger partial charge in [0.05, 0.1) is 12.6 Å². The smallest absolute Gasteiger partial charge is 0.240 e. The van der Waals surface area contributed by atoms with Crippen LogP contribution in [0.25, 0.3) is 0 Å². The highest BCUT2D eigenvalue weighted by molar-refractivity contribution is 5.82. The Morgan fingerprint density at radius 1 is 1.56 bits per heavy atom. The second-order valence-electron chi connectivity index (χ2n) is 4.91. The number of hydrogen-bond acceptors (Lipinski definition) is 3. The topological polar surface area (TPSA) is 55.6 Å². The van der Waals surface area contributed by atoms with Crippen LogP contribution >= 0.6 is 0 Å². The lowest BCUT2D eigenvalue weighted by Crippen LogP contribution is -2.51. The van der Waals surface area contributed by atoms with E-state index in [0.717, 1.165) is 0 Å². The molecule has 0 unspecified atom stereocenters. The number of nitrogens with two attached hydrogens (primary N) is 1. The first-order valence-corrected chi connectivity index (χ1v) is 5.48. The van der Waals surface area contributed by atoms with Crippen LogP contribution in [0.1, 0.15) is 20.8 Å². The molecule has 0 aliphatic rings. The van der Waals surface area contributed by atoms with Crippen molar-refractivity contribution in [2.24, 2.45) is 11.1 Å². The molecule has 0 saturated carbocycles. The molecule has 0 rings (SSSR count). The predicted octanol–water partition coefficient (Wildman–Crippen LogP) is 1.02. The predicted molar refractivity (Wildman–Crippen MR) is 66.1 cm³/mol. The summed E-state index contributed by atoms with van der Waals surface area (Å²) in [5.74, 6) is -0.0514. The maximum atomic E-state index is 12.1. The molecule has 0 aliphatic heterocycles. The molecule has 0 aromatic carbocycles. The van der Waals surface area contributed by atoms with Crippen molar-refractivity contribution in [1.29, 1.82) is 0 Å². The maximum absolute atomic E-state index is 12.1. The van der Waals surface area contributed by atoms with Gasteiger partial charge >= 0.3 is 0 Å². The minimum absolute atomic E-state index is 0.0514. The molecule has 0 aliphatic carbocycles. The van der Waals surface area contributed by atoms with Gasteiger partial charge in [-0.3, -0.25) is 4.79 Å². The van der Waals surface area contributed by atoms with Crippen LogP contribution < -0.4 is 5.73 Å². The van der Waals surface area contributed by atoms with Gasteiger partial charge in [0.25, 0.3) is 0 Å². The maximum Gasteiger partial charge on any atom is 0.240 e. The SMILES string of the molecule is C=CCN(CCOC)C(=O)[C@H](N)C(C)(C)C. The van der Waals surface area contributed by atoms with Crippen molar-refractivity contribution >= 4 is 5.91 Å². The molecule has 0 radical (unpaired) electrons. The van der Waals surface area contributed by atoms with Crippen LogP contribution in [-0.4, -0.2) is 43.7 Å². The average molecular weight is 228 g/mol. The molecular weight excluding hydrogens is 204 g/mol. The van der Waals surface area contributed by atoms with Crippen LogP contribution in [0.15, 0.2) is 12.7 Å². The molecule has 0 fully saturated rings. The lowest BCUT2D eigenvalue weighted by Gasteiger charge is -2.31. The highest BCUT2D eigenvalue weighted by Crippen LogP contribution is 2.19. The highest BCUT2D eigenvalue weighted by atomic mass is 16.5. The van der Waals surface area contributed by atoms with Crippen LogP contribution in [0, 0.1) is 5.41 Å². The minimum Gasteiger partial charge on any atom is -0.383 e. The Bertz CT molecular complexity index is 234. The van der Waals surface area contributed by atoms with Gasteiger partial charge in [-0.2, -0.15) is 0 Å². The molecular formula is C12H24N2O2. The molecule has 0 saturated heterocycles. The Balaban J connectivity index is 4.53. The lowest BCUT2D eigenvalue weighted by molar-refractivity contribution is -0.135. The Morgan fingerprint density at radius 3 is 2.50 bits per heavy atom. The van der Waals surface area contributed by atoms with Gasteiger partial charge in [-0.1, -0.05) is 26.8 Å². The van der Waals surface area contributed by atoms with E-state index in [1.165, 1.54) is 0 Å². The molecule has 94 valence electrons. The third-order valence-electron chi connectivity index (χ3n) is 2.43. The monoisotopic (exact) mass is 228 g/mol. The van der Waals surface area contributed by atoms with Crippen LogP contribution in [0.5, 0.6) is 0 Å². The number of carbonyl (C=O) groups excluding carboxylic acids is 1. The van der Waals surface area contributed by atoms with Crippen molar-refractivity contribution in [3.8, 4) is 0 Å². The van der Waals surface area contributed by atoms with Crippen LogP contribution in [0.2, 0.25) is 0 Å². The number of methoxy groups -OCH3 is 1. The van der Waals surface area contributed by atoms with Gasteiger partial charge in [-0.25, -0.2) is 0 Å². The van der Waals surface area contributed by atoms with Crippen LogP contribution in [-0.2, 0) is 9.53 Å². The van der Waals surface area contributed by atoms with Crippen molar-refractivity contribution in [2.75, 3.05) is 26.8 Å². The van der Waals surface area contributed by atoms with Gasteiger partial charge in [0, 0.05) is 20.2 Å². The number of hydrogen-bond donors (Lipinski definition) is 1. The van der Waals surface area contributed by atoms with E-state index in [1.807, 2.05) is 20.8 Å². The molecule has 0 heterocycles. The highest BCUT2D eigenvalue weighted by Gasteiger charge is 2.30. The number of rotatable bonds is 6. The molecule has 16 heavy (non-hydrogen) atoms. The van der Waals surface area contributed by atoms with Crippen LogP contribution in [0.3, 0.4) is 0 Å². The molecule has 1 atom stereocenters. The second kappa shape index (κ2) is 6.66. The summed E-state index contributed by atoms with van der Waals surface area (Å²) in [4.78, 5) is 13.8. The van der Waals surface area contributed by atoms with Gasteiger partial charge in [-0.05, 0) is 5.41 Å². The van der Waals surface area contributed by atoms with E-state index in [0.29, 0.717) is 19.7 Å². The number of amides is 1. The summed E-state index contributed by atoms with van der Waals surface area (Å²) in [6, 6.07) is -0.496. The summed E-state index contributed by atoms with van der Waals surface area (Å²) in [6.45, 7) is 11.1. The summed E-state index contributed by atoms with van der Waals surface area (Å²) < 4.78 is 4.97. The van der Waals surface area contributed by atoms with E-state index in [4.69, 9.17) is 10.5 Å². The summed E-state index contributed by atoms with van der Waals surface area (Å²) in [5, 5.41) is 0. The normalized spacial score (nSPS) is 13.3. The fourth-order valence-electron chi connectivity index (χ4n) is 1.22. The Morgan fingerprint density at radius 2 is 2.12 bits per heavy atom. The zero-order chi connectivity index (χ0) is 12.8. The molecule has 0 bridgehead atoms. The second-order valence-corrected chi connectivity index (χ2v) is 4.91. The van der Waals surface area contributed by atoms with Gasteiger partial charge in [0.2, 0.25) is 5.91 Å². The van der Waals surface area contributed by atoms with Crippen molar-refractivity contribution < 1.29 is 9.53 Å². The molecule has 4 nitrogen and oxygen atoms in total. The van der Waals surface area contributed by atoms with Gasteiger partial charge < -0.3 is 15.4 Å². The summed E-state index contributed by atoms with van der Waals surface area (Å²) in [7, 11) is 1.61. The van der Waals surface area contributed by atoms with Gasteiger partial charge in [0.1, 0.15) is 0 Å². The zero-order valence-corrected chi connectivity index (χ0v) is 10.8. The Hall–Kier alpha value is -0.870. The molecule has 0 aromatic heterocycles. The lowest BCUT2D eigenvalue weighted by atomic mass is 9.86. The van der Waals surface area contributed by atoms with E-state index in [2.05, 4.69) is 6.58 Å². The van der Waals surface area contributed by atoms with Gasteiger partial charge in [-0.15, -0.1) is 6.58 Å². The van der Waals surface area contributed by atoms with Crippen molar-refractivity contribution in [1.82, 2.24) is 4.90 Å². The van der Waals surface area contributed by atoms with E-state index in [-0.39, 0.29) is 11.3 Å². The molecule has 4 heteroatoms. The minimum atomic E-state index is -0.496. The molecule has 0 spiro atoms. The first-order chi connectivity index (χ1) is 7.34. The summed E-state index contributed by atoms with van der Waals surface area (Å²) in [6.07, 6.45) is 1.70. The number of carbonyl (C=O) groups is 1. The number of ether oxygens (including phenoxy) is 1. The Kier molecular flexibility index (Phi) is 6.29. The summed E-state index contributed by atoms with van der Waals surface area (Å²) >= 11 is 0. The van der Waals surface area contributed by atoms with Crippen molar-refractivity contribution in [2.45, 2.75) is 26.8 Å². The fourth-order valence-corrected chi connectivity index (χ4v) is 1.22. The van der Waals surface area contributed by atoms with Crippen LogP contribution in [0.4, 0.5) is 0 Å². The molecule has 2 N–H and O–H groups in total. The number of nitrogens with zero attached hydrogens (tertiary/aromatic N) is 1. The van der Waals surface area contributed by atoms with E-state index in [9.17, 15) is 4.79 Å². The first kappa shape index (κ1) is 15.1. The van der Waals surface area contributed by atoms with Crippen molar-refractivity contribution in [3.05, 3.63) is 12.7 Å². The van der Waals surface area contributed by atoms with E-state index >= 15 is 0 Å². The van der Waals surface area contributed by atoms with E-state index < -0.39 is 6.04 Å². The van der Waals surface area contributed by atoms with Gasteiger partial charge in [0.15, 0.2) is 0 Å². The third-order valence-corrected chi connectivity index (χ3v) is 2.43. The van der Waals surface area contributed by atoms with E-state index in [1.54, 1.807) is 18.1 Å². The van der Waals surface area contributed by atoms with Crippen molar-refractivity contribution in [3.63, 3.8) is 0 Å². The standard InChI is InChI=1S/C12H24N2O2/c1-6-7-14(8-9-16-5)11(15)10(13)12(2,3)4/h6,10H,1,7-9,13H2,2-5H3/t10-/m0/s1. The molecule has 0 aromatic rings.